The number of hydrogen-bond donors (Lipinski definition) is 0. The molecule has 1 aliphatic heterocycles. The van der Waals surface area contributed by atoms with Crippen molar-refractivity contribution in [2.45, 2.75) is 65.5 Å². The second-order valence-corrected chi connectivity index (χ2v) is 10.8. The molecule has 2 heterocycles. The van der Waals surface area contributed by atoms with Crippen molar-refractivity contribution < 1.29 is 23.9 Å². The molecule has 10 nitrogen and oxygen atoms in total. The zero-order valence-electron chi connectivity index (χ0n) is 22.8. The van der Waals surface area contributed by atoms with E-state index in [-0.39, 0.29) is 18.7 Å². The Labute approximate surface area is 231 Å². The molecule has 1 aliphatic rings. The van der Waals surface area contributed by atoms with Gasteiger partial charge >= 0.3 is 17.8 Å². The average molecular weight is 548 g/mol. The average Bonchev–Trinajstić information content (AvgIpc) is 3.28. The van der Waals surface area contributed by atoms with Crippen LogP contribution >= 0.6 is 0 Å². The van der Waals surface area contributed by atoms with E-state index < -0.39 is 46.9 Å². The monoisotopic (exact) mass is 547 g/mol. The molecule has 1 fully saturated rings. The zero-order chi connectivity index (χ0) is 28.9. The van der Waals surface area contributed by atoms with Crippen LogP contribution in [0.3, 0.4) is 0 Å². The zero-order valence-corrected chi connectivity index (χ0v) is 22.8. The summed E-state index contributed by atoms with van der Waals surface area (Å²) in [5.74, 6) is -1.20. The summed E-state index contributed by atoms with van der Waals surface area (Å²) in [6, 6.07) is 17.7. The molecule has 2 aromatic carbocycles. The number of aryl methyl sites for hydroxylation is 1. The van der Waals surface area contributed by atoms with E-state index >= 15 is 0 Å². The maximum Gasteiger partial charge on any atom is 0.413 e. The number of cyclic esters (lactones) is 1. The van der Waals surface area contributed by atoms with E-state index in [1.807, 2.05) is 51.1 Å². The first-order chi connectivity index (χ1) is 19.1. The third-order valence-corrected chi connectivity index (χ3v) is 6.65. The minimum atomic E-state index is -0.835. The molecule has 0 aliphatic carbocycles. The molecule has 0 saturated carbocycles. The molecule has 1 saturated heterocycles. The van der Waals surface area contributed by atoms with Crippen LogP contribution in [0.15, 0.2) is 82.5 Å². The van der Waals surface area contributed by atoms with Crippen LogP contribution in [0.4, 0.5) is 4.79 Å². The van der Waals surface area contributed by atoms with E-state index in [1.165, 1.54) is 33.9 Å². The fourth-order valence-electron chi connectivity index (χ4n) is 4.59. The Kier molecular flexibility index (Phi) is 8.67. The lowest BCUT2D eigenvalue weighted by Gasteiger charge is -2.33. The van der Waals surface area contributed by atoms with Gasteiger partial charge in [-0.2, -0.15) is 4.57 Å². The highest BCUT2D eigenvalue weighted by Crippen LogP contribution is 2.34. The van der Waals surface area contributed by atoms with Gasteiger partial charge < -0.3 is 14.0 Å². The number of nitrogens with zero attached hydrogens (tertiary/aromatic N) is 3. The first-order valence-electron chi connectivity index (χ1n) is 13.2. The van der Waals surface area contributed by atoms with Gasteiger partial charge in [-0.05, 0) is 37.0 Å². The summed E-state index contributed by atoms with van der Waals surface area (Å²) in [5.41, 5.74) is -0.930. The Morgan fingerprint density at radius 2 is 1.55 bits per heavy atom. The van der Waals surface area contributed by atoms with Crippen LogP contribution in [-0.2, 0) is 27.4 Å². The quantitative estimate of drug-likeness (QED) is 0.311. The first kappa shape index (κ1) is 28.5. The van der Waals surface area contributed by atoms with Gasteiger partial charge in [0.25, 0.3) is 11.5 Å². The predicted molar refractivity (Wildman–Crippen MR) is 147 cm³/mol. The Morgan fingerprint density at radius 1 is 0.900 bits per heavy atom. The molecule has 0 bridgehead atoms. The van der Waals surface area contributed by atoms with Gasteiger partial charge in [0, 0.05) is 29.8 Å². The molecule has 3 aromatic rings. The maximum atomic E-state index is 13.1. The third-order valence-electron chi connectivity index (χ3n) is 6.65. The van der Waals surface area contributed by atoms with E-state index in [0.29, 0.717) is 23.8 Å². The Balaban J connectivity index is 1.43. The van der Waals surface area contributed by atoms with Crippen LogP contribution in [0.5, 0.6) is 0 Å². The topological polar surface area (TPSA) is 117 Å². The van der Waals surface area contributed by atoms with E-state index in [0.717, 1.165) is 5.56 Å². The SMILES string of the molecule is CC(C)(C)[C@@H]1OC(=O)[C@H](CCCCn2ccc(=O)n(C(=O)c3ccccc3)c2=O)N1C(=O)OCc1ccccc1. The number of aromatic nitrogens is 2. The van der Waals surface area contributed by atoms with E-state index in [4.69, 9.17) is 9.47 Å². The van der Waals surface area contributed by atoms with E-state index in [9.17, 15) is 24.0 Å². The van der Waals surface area contributed by atoms with Crippen molar-refractivity contribution in [3.63, 3.8) is 0 Å². The summed E-state index contributed by atoms with van der Waals surface area (Å²) >= 11 is 0. The lowest BCUT2D eigenvalue weighted by atomic mass is 9.93. The van der Waals surface area contributed by atoms with Crippen LogP contribution in [0.2, 0.25) is 0 Å². The number of unbranched alkanes of at least 4 members (excludes halogenated alkanes) is 1. The summed E-state index contributed by atoms with van der Waals surface area (Å²) in [6.07, 6.45) is 1.15. The standard InChI is InChI=1S/C30H33N3O7/c1-30(2,3)27-32(29(38)39-20-21-12-6-4-7-13-21)23(26(36)40-27)16-10-11-18-31-19-17-24(34)33(28(31)37)25(35)22-14-8-5-9-15-22/h4-9,12-15,17,19,23,27H,10-11,16,18,20H2,1-3H3/t23-,27-/m0/s1. The summed E-state index contributed by atoms with van der Waals surface area (Å²) in [7, 11) is 0. The minimum absolute atomic E-state index is 0.0638. The van der Waals surface area contributed by atoms with Crippen LogP contribution in [0, 0.1) is 5.41 Å². The molecule has 4 rings (SSSR count). The van der Waals surface area contributed by atoms with E-state index in [1.54, 1.807) is 18.2 Å². The molecule has 1 amide bonds. The van der Waals surface area contributed by atoms with Crippen molar-refractivity contribution in [1.82, 2.24) is 14.0 Å². The third kappa shape index (κ3) is 6.39. The van der Waals surface area contributed by atoms with Gasteiger partial charge in [-0.15, -0.1) is 0 Å². The minimum Gasteiger partial charge on any atom is -0.444 e. The highest BCUT2D eigenvalue weighted by molar-refractivity contribution is 5.95. The number of amides is 1. The molecule has 0 unspecified atom stereocenters. The van der Waals surface area contributed by atoms with Gasteiger partial charge in [0.15, 0.2) is 6.23 Å². The number of carbonyl (C=O) groups is 3. The molecule has 1 aromatic heterocycles. The smallest absolute Gasteiger partial charge is 0.413 e. The van der Waals surface area contributed by atoms with Crippen LogP contribution in [-0.4, -0.2) is 44.3 Å². The van der Waals surface area contributed by atoms with Gasteiger partial charge in [0.05, 0.1) is 0 Å². The molecule has 2 atom stereocenters. The highest BCUT2D eigenvalue weighted by atomic mass is 16.6. The fraction of sp³-hybridized carbons (Fsp3) is 0.367. The molecule has 40 heavy (non-hydrogen) atoms. The Morgan fingerprint density at radius 3 is 2.20 bits per heavy atom. The number of carbonyl (C=O) groups excluding carboxylic acids is 3. The first-order valence-corrected chi connectivity index (χ1v) is 13.2. The fourth-order valence-corrected chi connectivity index (χ4v) is 4.59. The number of esters is 1. The van der Waals surface area contributed by atoms with Crippen LogP contribution in [0.1, 0.15) is 56.0 Å². The normalized spacial score (nSPS) is 17.0. The summed E-state index contributed by atoms with van der Waals surface area (Å²) < 4.78 is 13.1. The van der Waals surface area contributed by atoms with E-state index in [2.05, 4.69) is 0 Å². The number of rotatable bonds is 8. The lowest BCUT2D eigenvalue weighted by molar-refractivity contribution is -0.147. The largest absolute Gasteiger partial charge is 0.444 e. The lowest BCUT2D eigenvalue weighted by Crippen LogP contribution is -2.48. The number of hydrogen-bond acceptors (Lipinski definition) is 7. The van der Waals surface area contributed by atoms with Gasteiger partial charge in [0.1, 0.15) is 12.6 Å². The van der Waals surface area contributed by atoms with Gasteiger partial charge in [-0.25, -0.2) is 14.4 Å². The molecular weight excluding hydrogens is 514 g/mol. The van der Waals surface area contributed by atoms with Crippen molar-refractivity contribution in [3.05, 3.63) is 105 Å². The van der Waals surface area contributed by atoms with Crippen molar-refractivity contribution >= 4 is 18.0 Å². The number of benzene rings is 2. The van der Waals surface area contributed by atoms with Crippen molar-refractivity contribution in [2.24, 2.45) is 5.41 Å². The summed E-state index contributed by atoms with van der Waals surface area (Å²) in [6.45, 7) is 5.91. The number of ether oxygens (including phenoxy) is 2. The van der Waals surface area contributed by atoms with Crippen molar-refractivity contribution in [3.8, 4) is 0 Å². The Bertz CT molecular complexity index is 1470. The van der Waals surface area contributed by atoms with Crippen LogP contribution < -0.4 is 11.2 Å². The van der Waals surface area contributed by atoms with Gasteiger partial charge in [-0.1, -0.05) is 69.3 Å². The molecule has 0 spiro atoms. The summed E-state index contributed by atoms with van der Waals surface area (Å²) in [5, 5.41) is 0. The van der Waals surface area contributed by atoms with Crippen LogP contribution in [0.25, 0.3) is 0 Å². The van der Waals surface area contributed by atoms with Crippen molar-refractivity contribution in [2.75, 3.05) is 0 Å². The maximum absolute atomic E-state index is 13.1. The molecule has 210 valence electrons. The second-order valence-electron chi connectivity index (χ2n) is 10.8. The highest BCUT2D eigenvalue weighted by Gasteiger charge is 2.50. The van der Waals surface area contributed by atoms with Gasteiger partial charge in [-0.3, -0.25) is 14.5 Å². The molecule has 10 heteroatoms. The second kappa shape index (κ2) is 12.1. The van der Waals surface area contributed by atoms with Gasteiger partial charge in [0.2, 0.25) is 0 Å². The molecule has 0 N–H and O–H groups in total. The van der Waals surface area contributed by atoms with Crippen molar-refractivity contribution in [1.29, 1.82) is 0 Å². The Hall–Kier alpha value is -4.47. The predicted octanol–water partition coefficient (Wildman–Crippen LogP) is 3.81. The molecular formula is C30H33N3O7. The summed E-state index contributed by atoms with van der Waals surface area (Å²) in [4.78, 5) is 65.4. The molecule has 0 radical (unpaired) electrons.